The highest BCUT2D eigenvalue weighted by Gasteiger charge is 2.70. The lowest BCUT2D eigenvalue weighted by Gasteiger charge is -2.45. The van der Waals surface area contributed by atoms with Crippen LogP contribution in [0.5, 0.6) is 5.75 Å². The van der Waals surface area contributed by atoms with Crippen molar-refractivity contribution >= 4 is 23.4 Å². The van der Waals surface area contributed by atoms with Gasteiger partial charge in [0.2, 0.25) is 5.91 Å². The highest BCUT2D eigenvalue weighted by Crippen LogP contribution is 2.51. The number of morpholine rings is 1. The standard InChI is InChI=1S/C34H39N3O6.HI/c1-37(2)28-18-25(19-29(37)33-32(28)43-33)42-34(40)36-27-16-21(12-15-26(27)22-9-5-4-6-10-22)8-7-11-31(39)35-24-14-13-23(20-38)30(17-24)41-3;/h4-6,9-10,12-17,25,28-29,32-33,38H,7-8,11,18-20H2,1-3H3,(H-,35,36,39,40);1H/t25?,28-,29+,32-,33+;. The van der Waals surface area contributed by atoms with Gasteiger partial charge in [-0.2, -0.15) is 0 Å². The Hall–Kier alpha value is -3.19. The molecule has 2 bridgehead atoms. The second-order valence-corrected chi connectivity index (χ2v) is 12.3. The molecule has 44 heavy (non-hydrogen) atoms. The summed E-state index contributed by atoms with van der Waals surface area (Å²) in [5.41, 5.74) is 4.90. The number of amides is 2. The SMILES string of the molecule is COc1cc(NC(=O)CCCc2ccc(-c3ccccc3)c(NC(=O)OC3C[C@@H]4[C@H]5O[C@H]5[C@H](C3)[N+]4(C)C)c2)ccc1CO.[I-]. The molecule has 0 radical (unpaired) electrons. The number of nitrogens with one attached hydrogen (secondary N) is 2. The van der Waals surface area contributed by atoms with Gasteiger partial charge in [0.15, 0.2) is 0 Å². The molecule has 0 aromatic heterocycles. The molecule has 2 amide bonds. The summed E-state index contributed by atoms with van der Waals surface area (Å²) in [6.45, 7) is -0.134. The van der Waals surface area contributed by atoms with E-state index < -0.39 is 6.09 Å². The molecule has 1 unspecified atom stereocenters. The number of rotatable bonds is 10. The number of epoxide rings is 1. The number of fused-ring (bicyclic) bond motifs is 5. The van der Waals surface area contributed by atoms with Crippen LogP contribution in [0.25, 0.3) is 11.1 Å². The molecule has 0 saturated carbocycles. The molecule has 3 aliphatic heterocycles. The highest BCUT2D eigenvalue weighted by molar-refractivity contribution is 5.92. The summed E-state index contributed by atoms with van der Waals surface area (Å²) >= 11 is 0. The number of carbonyl (C=O) groups is 2. The molecule has 6 rings (SSSR count). The van der Waals surface area contributed by atoms with Gasteiger partial charge in [0.25, 0.3) is 0 Å². The van der Waals surface area contributed by atoms with Crippen molar-refractivity contribution in [1.82, 2.24) is 0 Å². The number of likely N-dealkylation sites (N-methyl/N-ethyl adjacent to an activating group) is 1. The lowest BCUT2D eigenvalue weighted by atomic mass is 9.96. The third-order valence-electron chi connectivity index (χ3n) is 9.33. The van der Waals surface area contributed by atoms with Crippen LogP contribution in [-0.2, 0) is 27.3 Å². The summed E-state index contributed by atoms with van der Waals surface area (Å²) in [5.74, 6) is 0.426. The lowest BCUT2D eigenvalue weighted by Crippen LogP contribution is -3.00. The highest BCUT2D eigenvalue weighted by atomic mass is 127. The fraction of sp³-hybridized carbons (Fsp3) is 0.412. The third kappa shape index (κ3) is 6.73. The number of nitrogens with zero attached hydrogens (tertiary/aromatic N) is 1. The Kier molecular flexibility index (Phi) is 9.83. The maximum Gasteiger partial charge on any atom is 0.411 e. The van der Waals surface area contributed by atoms with Gasteiger partial charge in [-0.3, -0.25) is 10.1 Å². The molecule has 10 heteroatoms. The first-order chi connectivity index (χ1) is 20.8. The van der Waals surface area contributed by atoms with Crippen LogP contribution in [-0.4, -0.2) is 73.2 Å². The third-order valence-corrected chi connectivity index (χ3v) is 9.33. The van der Waals surface area contributed by atoms with Crippen molar-refractivity contribution in [3.8, 4) is 16.9 Å². The maximum absolute atomic E-state index is 13.2. The summed E-state index contributed by atoms with van der Waals surface area (Å²) in [6.07, 6.45) is 3.29. The lowest BCUT2D eigenvalue weighted by molar-refractivity contribution is -0.938. The molecule has 3 aromatic carbocycles. The fourth-order valence-electron chi connectivity index (χ4n) is 6.94. The number of aliphatic hydroxyl groups excluding tert-OH is 1. The van der Waals surface area contributed by atoms with Gasteiger partial charge in [0.1, 0.15) is 36.1 Å². The Labute approximate surface area is 275 Å². The van der Waals surface area contributed by atoms with Crippen LogP contribution in [0.15, 0.2) is 66.7 Å². The zero-order chi connectivity index (χ0) is 30.1. The molecular formula is C34H40IN3O6. The molecule has 9 nitrogen and oxygen atoms in total. The number of aliphatic hydroxyl groups is 1. The van der Waals surface area contributed by atoms with Gasteiger partial charge in [0.05, 0.1) is 33.5 Å². The summed E-state index contributed by atoms with van der Waals surface area (Å²) in [5, 5.41) is 15.4. The first-order valence-corrected chi connectivity index (χ1v) is 15.0. The number of ether oxygens (including phenoxy) is 3. The van der Waals surface area contributed by atoms with E-state index in [2.05, 4.69) is 24.7 Å². The Morgan fingerprint density at radius 3 is 2.39 bits per heavy atom. The Morgan fingerprint density at radius 1 is 0.977 bits per heavy atom. The number of piperidine rings is 1. The van der Waals surface area contributed by atoms with Crippen molar-refractivity contribution < 1.29 is 57.4 Å². The monoisotopic (exact) mass is 713 g/mol. The van der Waals surface area contributed by atoms with E-state index in [-0.39, 0.29) is 42.6 Å². The minimum absolute atomic E-state index is 0. The second kappa shape index (κ2) is 13.4. The molecule has 3 saturated heterocycles. The quantitative estimate of drug-likeness (QED) is 0.169. The predicted molar refractivity (Wildman–Crippen MR) is 164 cm³/mol. The molecule has 3 aromatic rings. The first kappa shape index (κ1) is 32.2. The molecule has 3 N–H and O–H groups in total. The molecular weight excluding hydrogens is 673 g/mol. The van der Waals surface area contributed by atoms with Gasteiger partial charge in [-0.25, -0.2) is 4.79 Å². The zero-order valence-electron chi connectivity index (χ0n) is 25.3. The minimum Gasteiger partial charge on any atom is -1.00 e. The zero-order valence-corrected chi connectivity index (χ0v) is 27.5. The summed E-state index contributed by atoms with van der Waals surface area (Å²) < 4.78 is 18.1. The number of carbonyl (C=O) groups excluding carboxylic acids is 2. The Balaban J connectivity index is 0.00000384. The summed E-state index contributed by atoms with van der Waals surface area (Å²) in [4.78, 5) is 25.8. The Bertz CT molecular complexity index is 1480. The van der Waals surface area contributed by atoms with E-state index in [9.17, 15) is 14.7 Å². The number of hydrogen-bond acceptors (Lipinski definition) is 6. The van der Waals surface area contributed by atoms with Gasteiger partial charge in [-0.15, -0.1) is 0 Å². The van der Waals surface area contributed by atoms with Crippen molar-refractivity contribution in [3.05, 3.63) is 77.9 Å². The average Bonchev–Trinajstić information content (AvgIpc) is 3.76. The maximum atomic E-state index is 13.2. The normalized spacial score (nSPS) is 24.0. The van der Waals surface area contributed by atoms with Crippen LogP contribution in [0.1, 0.15) is 36.8 Å². The van der Waals surface area contributed by atoms with E-state index in [1.807, 2.05) is 48.5 Å². The number of halogens is 1. The number of aryl methyl sites for hydroxylation is 1. The predicted octanol–water partition coefficient (Wildman–Crippen LogP) is 2.13. The van der Waals surface area contributed by atoms with Crippen molar-refractivity contribution in [2.24, 2.45) is 0 Å². The van der Waals surface area contributed by atoms with Crippen LogP contribution < -0.4 is 39.3 Å². The molecule has 234 valence electrons. The van der Waals surface area contributed by atoms with Gasteiger partial charge >= 0.3 is 6.09 Å². The number of hydrogen-bond donors (Lipinski definition) is 3. The van der Waals surface area contributed by atoms with Crippen molar-refractivity contribution in [3.63, 3.8) is 0 Å². The molecule has 5 atom stereocenters. The van der Waals surface area contributed by atoms with E-state index in [1.165, 1.54) is 7.11 Å². The smallest absolute Gasteiger partial charge is 0.411 e. The molecule has 0 aliphatic carbocycles. The van der Waals surface area contributed by atoms with Gasteiger partial charge in [-0.1, -0.05) is 48.5 Å². The van der Waals surface area contributed by atoms with Crippen LogP contribution in [0.2, 0.25) is 0 Å². The number of benzene rings is 3. The van der Waals surface area contributed by atoms with E-state index in [1.54, 1.807) is 18.2 Å². The van der Waals surface area contributed by atoms with E-state index in [0.29, 0.717) is 66.2 Å². The average molecular weight is 714 g/mol. The van der Waals surface area contributed by atoms with Gasteiger partial charge in [-0.05, 0) is 36.1 Å². The Morgan fingerprint density at radius 2 is 1.70 bits per heavy atom. The molecule has 3 fully saturated rings. The van der Waals surface area contributed by atoms with Crippen molar-refractivity contribution in [2.45, 2.75) is 69.1 Å². The van der Waals surface area contributed by atoms with Crippen molar-refractivity contribution in [1.29, 1.82) is 0 Å². The topological polar surface area (TPSA) is 109 Å². The summed E-state index contributed by atoms with van der Waals surface area (Å²) in [7, 11) is 6.05. The van der Waals surface area contributed by atoms with Crippen molar-refractivity contribution in [2.75, 3.05) is 31.8 Å². The fourth-order valence-corrected chi connectivity index (χ4v) is 6.94. The van der Waals surface area contributed by atoms with Crippen LogP contribution in [0, 0.1) is 0 Å². The van der Waals surface area contributed by atoms with Gasteiger partial charge < -0.3 is 53.1 Å². The summed E-state index contributed by atoms with van der Waals surface area (Å²) in [6, 6.07) is 21.9. The number of methoxy groups -OCH3 is 1. The van der Waals surface area contributed by atoms with Crippen LogP contribution in [0.3, 0.4) is 0 Å². The van der Waals surface area contributed by atoms with Crippen LogP contribution >= 0.6 is 0 Å². The molecule has 3 heterocycles. The number of anilines is 2. The molecule has 3 aliphatic rings. The molecule has 0 spiro atoms. The van der Waals surface area contributed by atoms with E-state index in [4.69, 9.17) is 14.2 Å². The van der Waals surface area contributed by atoms with Gasteiger partial charge in [0, 0.05) is 42.1 Å². The van der Waals surface area contributed by atoms with E-state index in [0.717, 1.165) is 34.0 Å². The van der Waals surface area contributed by atoms with E-state index >= 15 is 0 Å². The van der Waals surface area contributed by atoms with Crippen LogP contribution in [0.4, 0.5) is 16.2 Å². The largest absolute Gasteiger partial charge is 1.00 e. The number of quaternary nitrogens is 1. The second-order valence-electron chi connectivity index (χ2n) is 12.3. The minimum atomic E-state index is -0.442. The first-order valence-electron chi connectivity index (χ1n) is 15.0.